The summed E-state index contributed by atoms with van der Waals surface area (Å²) in [5, 5.41) is 10.6. The van der Waals surface area contributed by atoms with Crippen LogP contribution in [-0.2, 0) is 0 Å². The van der Waals surface area contributed by atoms with Gasteiger partial charge in [-0.05, 0) is 84.9 Å². The Morgan fingerprint density at radius 1 is 0.270 bits per heavy atom. The topological polar surface area (TPSA) is 0 Å². The zero-order chi connectivity index (χ0) is 24.3. The Kier molecular flexibility index (Phi) is 4.49. The van der Waals surface area contributed by atoms with Crippen molar-refractivity contribution >= 4 is 63.8 Å². The Hall–Kier alpha value is -4.46. The van der Waals surface area contributed by atoms with Crippen molar-refractivity contribution < 1.29 is 0 Å². The van der Waals surface area contributed by atoms with Gasteiger partial charge in [-0.2, -0.15) is 0 Å². The summed E-state index contributed by atoms with van der Waals surface area (Å²) < 4.78 is 2.69. The highest BCUT2D eigenvalue weighted by Crippen LogP contribution is 2.39. The number of fused-ring (bicyclic) bond motifs is 9. The molecule has 0 aliphatic heterocycles. The summed E-state index contributed by atoms with van der Waals surface area (Å²) in [4.78, 5) is 0. The minimum atomic E-state index is 1.24. The third kappa shape index (κ3) is 3.21. The van der Waals surface area contributed by atoms with Crippen molar-refractivity contribution in [1.82, 2.24) is 0 Å². The average Bonchev–Trinajstić information content (AvgIpc) is 3.35. The molecule has 1 heterocycles. The molecule has 0 amide bonds. The fraction of sp³-hybridized carbons (Fsp3) is 0. The second-order valence-electron chi connectivity index (χ2n) is 9.74. The number of hydrogen-bond donors (Lipinski definition) is 0. The summed E-state index contributed by atoms with van der Waals surface area (Å²) >= 11 is 1.87. The van der Waals surface area contributed by atoms with Crippen LogP contribution >= 0.6 is 11.3 Å². The summed E-state index contributed by atoms with van der Waals surface area (Å²) in [6.07, 6.45) is 0. The maximum Gasteiger partial charge on any atom is 0.0355 e. The van der Waals surface area contributed by atoms with Crippen LogP contribution in [0.2, 0.25) is 0 Å². The van der Waals surface area contributed by atoms with Crippen molar-refractivity contribution in [2.24, 2.45) is 0 Å². The molecule has 0 radical (unpaired) electrons. The van der Waals surface area contributed by atoms with Crippen LogP contribution in [0.25, 0.3) is 74.7 Å². The van der Waals surface area contributed by atoms with Crippen molar-refractivity contribution in [3.8, 4) is 22.3 Å². The van der Waals surface area contributed by atoms with Crippen molar-refractivity contribution in [2.45, 2.75) is 0 Å². The lowest BCUT2D eigenvalue weighted by Crippen LogP contribution is -1.85. The minimum absolute atomic E-state index is 1.24. The number of thiophene rings is 1. The van der Waals surface area contributed by atoms with Crippen LogP contribution in [0.3, 0.4) is 0 Å². The van der Waals surface area contributed by atoms with E-state index in [9.17, 15) is 0 Å². The van der Waals surface area contributed by atoms with Crippen LogP contribution in [0.1, 0.15) is 0 Å². The zero-order valence-electron chi connectivity index (χ0n) is 20.1. The van der Waals surface area contributed by atoms with Gasteiger partial charge in [0.2, 0.25) is 0 Å². The molecule has 172 valence electrons. The van der Waals surface area contributed by atoms with E-state index in [4.69, 9.17) is 0 Å². The normalized spacial score (nSPS) is 11.8. The molecular weight excluding hydrogens is 464 g/mol. The van der Waals surface area contributed by atoms with Gasteiger partial charge in [0.15, 0.2) is 0 Å². The molecule has 37 heavy (non-hydrogen) atoms. The largest absolute Gasteiger partial charge is 0.135 e. The van der Waals surface area contributed by atoms with Crippen LogP contribution in [-0.4, -0.2) is 0 Å². The molecule has 1 heteroatoms. The van der Waals surface area contributed by atoms with Crippen molar-refractivity contribution in [3.05, 3.63) is 133 Å². The van der Waals surface area contributed by atoms with E-state index >= 15 is 0 Å². The van der Waals surface area contributed by atoms with E-state index in [0.29, 0.717) is 0 Å². The summed E-state index contributed by atoms with van der Waals surface area (Å²) in [6.45, 7) is 0. The molecule has 0 unspecified atom stereocenters. The molecule has 8 aromatic rings. The molecule has 0 aliphatic carbocycles. The molecule has 0 saturated carbocycles. The van der Waals surface area contributed by atoms with Gasteiger partial charge in [-0.25, -0.2) is 0 Å². The van der Waals surface area contributed by atoms with Crippen LogP contribution in [0.15, 0.2) is 133 Å². The molecule has 0 saturated heterocycles. The van der Waals surface area contributed by atoms with Gasteiger partial charge in [0.05, 0.1) is 0 Å². The Morgan fingerprint density at radius 2 is 0.730 bits per heavy atom. The maximum absolute atomic E-state index is 2.37. The van der Waals surface area contributed by atoms with Gasteiger partial charge >= 0.3 is 0 Å². The number of hydrogen-bond acceptors (Lipinski definition) is 1. The lowest BCUT2D eigenvalue weighted by molar-refractivity contribution is 1.62. The highest BCUT2D eigenvalue weighted by Gasteiger charge is 2.11. The third-order valence-corrected chi connectivity index (χ3v) is 8.80. The highest BCUT2D eigenvalue weighted by atomic mass is 32.1. The molecule has 0 nitrogen and oxygen atoms in total. The van der Waals surface area contributed by atoms with E-state index in [1.54, 1.807) is 0 Å². The fourth-order valence-corrected chi connectivity index (χ4v) is 6.96. The molecule has 0 atom stereocenters. The first-order chi connectivity index (χ1) is 18.3. The van der Waals surface area contributed by atoms with Crippen LogP contribution < -0.4 is 0 Å². The van der Waals surface area contributed by atoms with E-state index in [1.807, 2.05) is 11.3 Å². The molecule has 0 spiro atoms. The fourth-order valence-electron chi connectivity index (χ4n) is 5.87. The first-order valence-corrected chi connectivity index (χ1v) is 13.5. The second kappa shape index (κ2) is 8.03. The van der Waals surface area contributed by atoms with Crippen molar-refractivity contribution in [3.63, 3.8) is 0 Å². The molecule has 0 bridgehead atoms. The monoisotopic (exact) mass is 486 g/mol. The average molecular weight is 487 g/mol. The Labute approximate surface area is 219 Å². The Bertz CT molecular complexity index is 2110. The van der Waals surface area contributed by atoms with E-state index in [-0.39, 0.29) is 0 Å². The molecule has 7 aromatic carbocycles. The lowest BCUT2D eigenvalue weighted by atomic mass is 9.91. The predicted molar refractivity (Wildman–Crippen MR) is 163 cm³/mol. The first-order valence-electron chi connectivity index (χ1n) is 12.7. The zero-order valence-corrected chi connectivity index (χ0v) is 20.9. The predicted octanol–water partition coefficient (Wildman–Crippen LogP) is 10.8. The van der Waals surface area contributed by atoms with E-state index in [1.165, 1.54) is 74.7 Å². The maximum atomic E-state index is 2.37. The minimum Gasteiger partial charge on any atom is -0.135 e. The summed E-state index contributed by atoms with van der Waals surface area (Å²) in [5.74, 6) is 0. The molecular formula is C36H22S. The second-order valence-corrected chi connectivity index (χ2v) is 10.8. The van der Waals surface area contributed by atoms with Gasteiger partial charge in [0, 0.05) is 20.2 Å². The van der Waals surface area contributed by atoms with E-state index in [0.717, 1.165) is 0 Å². The van der Waals surface area contributed by atoms with Crippen LogP contribution in [0.4, 0.5) is 0 Å². The van der Waals surface area contributed by atoms with Crippen molar-refractivity contribution in [1.29, 1.82) is 0 Å². The van der Waals surface area contributed by atoms with Gasteiger partial charge in [-0.15, -0.1) is 11.3 Å². The van der Waals surface area contributed by atoms with Gasteiger partial charge in [-0.1, -0.05) is 103 Å². The molecule has 0 aliphatic rings. The third-order valence-electron chi connectivity index (χ3n) is 7.65. The lowest BCUT2D eigenvalue weighted by Gasteiger charge is -2.12. The number of benzene rings is 7. The standard InChI is InChI=1S/C36H22S/c1-2-12-29-27(10-1)28-11-3-4-13-30(28)33-21-25(16-18-31(29)33)23-8-7-9-24(20-23)26-17-19-36-34(22-26)32-14-5-6-15-35(32)37-36/h1-22H. The van der Waals surface area contributed by atoms with Gasteiger partial charge < -0.3 is 0 Å². The van der Waals surface area contributed by atoms with E-state index in [2.05, 4.69) is 133 Å². The molecule has 8 rings (SSSR count). The number of rotatable bonds is 2. The first kappa shape index (κ1) is 20.7. The van der Waals surface area contributed by atoms with Crippen LogP contribution in [0, 0.1) is 0 Å². The van der Waals surface area contributed by atoms with Crippen LogP contribution in [0.5, 0.6) is 0 Å². The van der Waals surface area contributed by atoms with E-state index < -0.39 is 0 Å². The quantitative estimate of drug-likeness (QED) is 0.213. The smallest absolute Gasteiger partial charge is 0.0355 e. The van der Waals surface area contributed by atoms with Gasteiger partial charge in [0.25, 0.3) is 0 Å². The Balaban J connectivity index is 1.31. The summed E-state index contributed by atoms with van der Waals surface area (Å²) in [7, 11) is 0. The SMILES string of the molecule is c1cc(-c2ccc3sc4ccccc4c3c2)cc(-c2ccc3c4ccccc4c4ccccc4c3c2)c1. The van der Waals surface area contributed by atoms with Gasteiger partial charge in [0.1, 0.15) is 0 Å². The summed E-state index contributed by atoms with van der Waals surface area (Å²) in [6, 6.07) is 49.1. The molecule has 1 aromatic heterocycles. The highest BCUT2D eigenvalue weighted by molar-refractivity contribution is 7.25. The Morgan fingerprint density at radius 3 is 1.41 bits per heavy atom. The van der Waals surface area contributed by atoms with Gasteiger partial charge in [-0.3, -0.25) is 0 Å². The molecule has 0 N–H and O–H groups in total. The van der Waals surface area contributed by atoms with Crippen molar-refractivity contribution in [2.75, 3.05) is 0 Å². The summed E-state index contributed by atoms with van der Waals surface area (Å²) in [5.41, 5.74) is 5.00. The molecule has 0 fully saturated rings.